The highest BCUT2D eigenvalue weighted by Crippen LogP contribution is 2.19. The van der Waals surface area contributed by atoms with E-state index < -0.39 is 0 Å². The number of carbonyl (C=O) groups excluding carboxylic acids is 1. The summed E-state index contributed by atoms with van der Waals surface area (Å²) in [6.07, 6.45) is 0. The fourth-order valence-electron chi connectivity index (χ4n) is 3.36. The molecule has 1 aliphatic heterocycles. The van der Waals surface area contributed by atoms with Crippen LogP contribution in [0.1, 0.15) is 12.5 Å². The van der Waals surface area contributed by atoms with E-state index in [-0.39, 0.29) is 11.9 Å². The predicted molar refractivity (Wildman–Crippen MR) is 104 cm³/mol. The van der Waals surface area contributed by atoms with E-state index in [0.29, 0.717) is 5.02 Å². The van der Waals surface area contributed by atoms with E-state index in [1.807, 2.05) is 19.1 Å². The smallest absolute Gasteiger partial charge is 0.282 e. The van der Waals surface area contributed by atoms with E-state index in [1.165, 1.54) is 16.2 Å². The van der Waals surface area contributed by atoms with Gasteiger partial charge in [0, 0.05) is 16.4 Å². The molecule has 0 aromatic heterocycles. The van der Waals surface area contributed by atoms with Gasteiger partial charge in [0.15, 0.2) is 6.04 Å². The maximum Gasteiger partial charge on any atom is 0.282 e. The van der Waals surface area contributed by atoms with Gasteiger partial charge in [-0.2, -0.15) is 0 Å². The lowest BCUT2D eigenvalue weighted by molar-refractivity contribution is -0.914. The molecule has 132 valence electrons. The van der Waals surface area contributed by atoms with E-state index in [4.69, 9.17) is 11.6 Å². The molecule has 0 aliphatic carbocycles. The fraction of sp³-hybridized carbons (Fsp3) is 0.350. The van der Waals surface area contributed by atoms with E-state index in [1.54, 1.807) is 12.1 Å². The third kappa shape index (κ3) is 4.33. The van der Waals surface area contributed by atoms with Crippen molar-refractivity contribution >= 4 is 28.9 Å². The molecule has 1 atom stereocenters. The Labute approximate surface area is 154 Å². The van der Waals surface area contributed by atoms with Crippen LogP contribution in [0.2, 0.25) is 5.02 Å². The van der Waals surface area contributed by atoms with E-state index in [9.17, 15) is 4.79 Å². The summed E-state index contributed by atoms with van der Waals surface area (Å²) >= 11 is 5.89. The Bertz CT molecular complexity index is 724. The largest absolute Gasteiger partial charge is 0.360 e. The summed E-state index contributed by atoms with van der Waals surface area (Å²) in [6.45, 7) is 8.02. The first kappa shape index (κ1) is 17.8. The van der Waals surface area contributed by atoms with Crippen LogP contribution in [0.25, 0.3) is 0 Å². The lowest BCUT2D eigenvalue weighted by Gasteiger charge is -2.36. The number of hydrogen-bond acceptors (Lipinski definition) is 2. The summed E-state index contributed by atoms with van der Waals surface area (Å²) in [6, 6.07) is 15.7. The quantitative estimate of drug-likeness (QED) is 0.880. The van der Waals surface area contributed by atoms with Crippen molar-refractivity contribution in [2.75, 3.05) is 36.4 Å². The predicted octanol–water partition coefficient (Wildman–Crippen LogP) is 2.38. The van der Waals surface area contributed by atoms with Crippen molar-refractivity contribution in [1.29, 1.82) is 0 Å². The van der Waals surface area contributed by atoms with E-state index in [2.05, 4.69) is 41.4 Å². The van der Waals surface area contributed by atoms with Crippen LogP contribution in [0.3, 0.4) is 0 Å². The third-order valence-electron chi connectivity index (χ3n) is 4.98. The molecule has 0 spiro atoms. The summed E-state index contributed by atoms with van der Waals surface area (Å²) in [5.41, 5.74) is 3.40. The van der Waals surface area contributed by atoms with Crippen molar-refractivity contribution in [3.05, 3.63) is 59.1 Å². The molecule has 25 heavy (non-hydrogen) atoms. The Kier molecular flexibility index (Phi) is 5.61. The lowest BCUT2D eigenvalue weighted by Crippen LogP contribution is -3.19. The molecule has 1 fully saturated rings. The van der Waals surface area contributed by atoms with Gasteiger partial charge in [-0.3, -0.25) is 4.79 Å². The van der Waals surface area contributed by atoms with Crippen LogP contribution < -0.4 is 15.1 Å². The molecule has 2 aromatic carbocycles. The number of benzene rings is 2. The second-order valence-corrected chi connectivity index (χ2v) is 7.09. The lowest BCUT2D eigenvalue weighted by atomic mass is 10.1. The summed E-state index contributed by atoms with van der Waals surface area (Å²) in [7, 11) is 0. The SMILES string of the molecule is Cc1ccccc1N1CC[NH+]([C@@H](C)C(=O)Nc2ccc(Cl)cc2)CC1. The summed E-state index contributed by atoms with van der Waals surface area (Å²) in [4.78, 5) is 16.3. The number of aryl methyl sites for hydroxylation is 1. The number of halogens is 1. The first-order chi connectivity index (χ1) is 12.0. The normalized spacial score (nSPS) is 16.5. The van der Waals surface area contributed by atoms with Crippen LogP contribution >= 0.6 is 11.6 Å². The van der Waals surface area contributed by atoms with Gasteiger partial charge in [-0.15, -0.1) is 0 Å². The molecule has 0 saturated carbocycles. The molecule has 1 heterocycles. The van der Waals surface area contributed by atoms with Gasteiger partial charge in [-0.05, 0) is 49.7 Å². The zero-order valence-electron chi connectivity index (χ0n) is 14.8. The summed E-state index contributed by atoms with van der Waals surface area (Å²) in [5.74, 6) is 0.0571. The molecule has 0 radical (unpaired) electrons. The van der Waals surface area contributed by atoms with E-state index in [0.717, 1.165) is 31.9 Å². The Morgan fingerprint density at radius 3 is 2.40 bits per heavy atom. The minimum atomic E-state index is -0.0744. The number of amides is 1. The van der Waals surface area contributed by atoms with Crippen molar-refractivity contribution in [3.63, 3.8) is 0 Å². The second kappa shape index (κ2) is 7.89. The molecular weight excluding hydrogens is 334 g/mol. The minimum absolute atomic E-state index is 0.0571. The van der Waals surface area contributed by atoms with Crippen molar-refractivity contribution in [2.24, 2.45) is 0 Å². The van der Waals surface area contributed by atoms with Gasteiger partial charge in [0.25, 0.3) is 5.91 Å². The maximum atomic E-state index is 12.5. The number of quaternary nitrogens is 1. The Morgan fingerprint density at radius 2 is 1.76 bits per heavy atom. The average molecular weight is 359 g/mol. The van der Waals surface area contributed by atoms with Crippen LogP contribution in [-0.2, 0) is 4.79 Å². The van der Waals surface area contributed by atoms with Crippen molar-refractivity contribution in [3.8, 4) is 0 Å². The highest BCUT2D eigenvalue weighted by Gasteiger charge is 2.29. The molecule has 1 amide bonds. The molecule has 0 bridgehead atoms. The Morgan fingerprint density at radius 1 is 1.12 bits per heavy atom. The van der Waals surface area contributed by atoms with Crippen LogP contribution in [0, 0.1) is 6.92 Å². The molecule has 1 aliphatic rings. The number of anilines is 2. The molecule has 0 unspecified atom stereocenters. The molecule has 2 N–H and O–H groups in total. The van der Waals surface area contributed by atoms with Crippen LogP contribution in [0.5, 0.6) is 0 Å². The van der Waals surface area contributed by atoms with Crippen molar-refractivity contribution < 1.29 is 9.69 Å². The van der Waals surface area contributed by atoms with Gasteiger partial charge in [0.2, 0.25) is 0 Å². The highest BCUT2D eigenvalue weighted by molar-refractivity contribution is 6.30. The van der Waals surface area contributed by atoms with Crippen LogP contribution in [0.4, 0.5) is 11.4 Å². The zero-order chi connectivity index (χ0) is 17.8. The van der Waals surface area contributed by atoms with Gasteiger partial charge in [-0.25, -0.2) is 0 Å². The topological polar surface area (TPSA) is 36.8 Å². The van der Waals surface area contributed by atoms with Crippen molar-refractivity contribution in [2.45, 2.75) is 19.9 Å². The van der Waals surface area contributed by atoms with Crippen LogP contribution in [0.15, 0.2) is 48.5 Å². The molecule has 5 heteroatoms. The highest BCUT2D eigenvalue weighted by atomic mass is 35.5. The molecule has 4 nitrogen and oxygen atoms in total. The van der Waals surface area contributed by atoms with Gasteiger partial charge >= 0.3 is 0 Å². The number of carbonyl (C=O) groups is 1. The first-order valence-electron chi connectivity index (χ1n) is 8.76. The summed E-state index contributed by atoms with van der Waals surface area (Å²) in [5, 5.41) is 3.66. The summed E-state index contributed by atoms with van der Waals surface area (Å²) < 4.78 is 0. The number of piperazine rings is 1. The average Bonchev–Trinajstić information content (AvgIpc) is 2.63. The number of hydrogen-bond donors (Lipinski definition) is 2. The fourth-order valence-corrected chi connectivity index (χ4v) is 3.48. The van der Waals surface area contributed by atoms with Gasteiger partial charge < -0.3 is 15.1 Å². The zero-order valence-corrected chi connectivity index (χ0v) is 15.5. The number of nitrogens with one attached hydrogen (secondary N) is 2. The molecule has 2 aromatic rings. The van der Waals surface area contributed by atoms with Crippen LogP contribution in [-0.4, -0.2) is 38.1 Å². The maximum absolute atomic E-state index is 12.5. The van der Waals surface area contributed by atoms with Crippen molar-refractivity contribution in [1.82, 2.24) is 0 Å². The van der Waals surface area contributed by atoms with Gasteiger partial charge in [0.05, 0.1) is 26.2 Å². The number of para-hydroxylation sites is 1. The standard InChI is InChI=1S/C20H24ClN3O/c1-15-5-3-4-6-19(15)24-13-11-23(12-14-24)16(2)20(25)22-18-9-7-17(21)8-10-18/h3-10,16H,11-14H2,1-2H3,(H,22,25)/p+1/t16-/m0/s1. The second-order valence-electron chi connectivity index (χ2n) is 6.65. The molecule has 1 saturated heterocycles. The Hall–Kier alpha value is -2.04. The third-order valence-corrected chi connectivity index (χ3v) is 5.23. The Balaban J connectivity index is 1.56. The molecular formula is C20H25ClN3O+. The van der Waals surface area contributed by atoms with Gasteiger partial charge in [0.1, 0.15) is 0 Å². The van der Waals surface area contributed by atoms with Gasteiger partial charge in [-0.1, -0.05) is 29.8 Å². The molecule has 3 rings (SSSR count). The monoisotopic (exact) mass is 358 g/mol. The van der Waals surface area contributed by atoms with E-state index >= 15 is 0 Å². The minimum Gasteiger partial charge on any atom is -0.360 e. The first-order valence-corrected chi connectivity index (χ1v) is 9.14. The number of nitrogens with zero attached hydrogens (tertiary/aromatic N) is 1. The number of rotatable bonds is 4.